The lowest BCUT2D eigenvalue weighted by Gasteiger charge is -2.29. The van der Waals surface area contributed by atoms with Gasteiger partial charge in [0.1, 0.15) is 0 Å². The fraction of sp³-hybridized carbons (Fsp3) is 0.533. The van der Waals surface area contributed by atoms with Crippen LogP contribution in [0.2, 0.25) is 0 Å². The van der Waals surface area contributed by atoms with Crippen LogP contribution in [-0.4, -0.2) is 28.7 Å². The molecular formula is C15H21N3O2S. The smallest absolute Gasteiger partial charge is 0.321 e. The molecule has 0 saturated heterocycles. The van der Waals surface area contributed by atoms with Gasteiger partial charge < -0.3 is 5.32 Å². The van der Waals surface area contributed by atoms with Crippen LogP contribution >= 0.6 is 11.8 Å². The standard InChI is InChI=1S/C15H21N3O2S/c1-11-6-2-3-7-12(11)17-15(20)18-13(19)10-21-14-8-4-5-9-16-14/h4-5,8-9,11-12H,2-3,6-7,10H2,1H3,(H2,17,18,19,20)/t11-,12-/m1/s1. The van der Waals surface area contributed by atoms with E-state index in [-0.39, 0.29) is 23.7 Å². The fourth-order valence-corrected chi connectivity index (χ4v) is 3.13. The van der Waals surface area contributed by atoms with Crippen molar-refractivity contribution in [2.24, 2.45) is 5.92 Å². The third-order valence-electron chi connectivity index (χ3n) is 3.67. The Kier molecular flexibility index (Phi) is 6.04. The van der Waals surface area contributed by atoms with Gasteiger partial charge in [0.2, 0.25) is 5.91 Å². The third kappa shape index (κ3) is 5.38. The molecule has 3 amide bonds. The highest BCUT2D eigenvalue weighted by atomic mass is 32.2. The molecule has 0 unspecified atom stereocenters. The molecule has 1 aliphatic rings. The summed E-state index contributed by atoms with van der Waals surface area (Å²) >= 11 is 1.31. The molecule has 0 radical (unpaired) electrons. The summed E-state index contributed by atoms with van der Waals surface area (Å²) in [6.45, 7) is 2.14. The zero-order chi connectivity index (χ0) is 15.1. The highest BCUT2D eigenvalue weighted by molar-refractivity contribution is 7.99. The van der Waals surface area contributed by atoms with Crippen LogP contribution in [0.15, 0.2) is 29.4 Å². The minimum absolute atomic E-state index is 0.176. The maximum Gasteiger partial charge on any atom is 0.321 e. The van der Waals surface area contributed by atoms with Gasteiger partial charge in [-0.1, -0.05) is 37.6 Å². The number of urea groups is 1. The number of aromatic nitrogens is 1. The normalized spacial score (nSPS) is 21.6. The second-order valence-electron chi connectivity index (χ2n) is 5.35. The number of carbonyl (C=O) groups excluding carboxylic acids is 2. The van der Waals surface area contributed by atoms with Crippen molar-refractivity contribution in [3.63, 3.8) is 0 Å². The van der Waals surface area contributed by atoms with Crippen molar-refractivity contribution in [1.29, 1.82) is 0 Å². The number of rotatable bonds is 4. The lowest BCUT2D eigenvalue weighted by molar-refractivity contribution is -0.117. The molecule has 114 valence electrons. The molecule has 1 heterocycles. The number of carbonyl (C=O) groups is 2. The van der Waals surface area contributed by atoms with Crippen LogP contribution in [0.5, 0.6) is 0 Å². The third-order valence-corrected chi connectivity index (χ3v) is 4.61. The second-order valence-corrected chi connectivity index (χ2v) is 6.34. The fourth-order valence-electron chi connectivity index (χ4n) is 2.47. The van der Waals surface area contributed by atoms with Crippen LogP contribution in [0.4, 0.5) is 4.79 Å². The van der Waals surface area contributed by atoms with Gasteiger partial charge in [0.25, 0.3) is 0 Å². The molecule has 0 spiro atoms. The Morgan fingerprint density at radius 2 is 2.14 bits per heavy atom. The van der Waals surface area contributed by atoms with E-state index in [1.807, 2.05) is 18.2 Å². The van der Waals surface area contributed by atoms with Gasteiger partial charge in [-0.05, 0) is 30.9 Å². The van der Waals surface area contributed by atoms with E-state index in [0.29, 0.717) is 5.92 Å². The van der Waals surface area contributed by atoms with E-state index in [4.69, 9.17) is 0 Å². The summed E-state index contributed by atoms with van der Waals surface area (Å²) in [5.41, 5.74) is 0. The number of imide groups is 1. The van der Waals surface area contributed by atoms with Crippen LogP contribution in [0.3, 0.4) is 0 Å². The van der Waals surface area contributed by atoms with E-state index >= 15 is 0 Å². The predicted octanol–water partition coefficient (Wildman–Crippen LogP) is 2.58. The molecule has 2 N–H and O–H groups in total. The van der Waals surface area contributed by atoms with Gasteiger partial charge in [-0.2, -0.15) is 0 Å². The van der Waals surface area contributed by atoms with E-state index < -0.39 is 0 Å². The van der Waals surface area contributed by atoms with Crippen LogP contribution in [0.25, 0.3) is 0 Å². The molecule has 1 fully saturated rings. The summed E-state index contributed by atoms with van der Waals surface area (Å²) in [7, 11) is 0. The molecule has 2 rings (SSSR count). The van der Waals surface area contributed by atoms with Gasteiger partial charge >= 0.3 is 6.03 Å². The number of hydrogen-bond donors (Lipinski definition) is 2. The lowest BCUT2D eigenvalue weighted by atomic mass is 9.86. The maximum absolute atomic E-state index is 11.8. The molecule has 0 aromatic carbocycles. The van der Waals surface area contributed by atoms with Gasteiger partial charge in [-0.15, -0.1) is 0 Å². The summed E-state index contributed by atoms with van der Waals surface area (Å²) in [5, 5.41) is 6.05. The molecular weight excluding hydrogens is 286 g/mol. The van der Waals surface area contributed by atoms with Crippen molar-refractivity contribution >= 4 is 23.7 Å². The van der Waals surface area contributed by atoms with Gasteiger partial charge in [-0.3, -0.25) is 10.1 Å². The molecule has 1 aliphatic carbocycles. The van der Waals surface area contributed by atoms with E-state index in [1.165, 1.54) is 18.2 Å². The molecule has 6 heteroatoms. The molecule has 21 heavy (non-hydrogen) atoms. The second kappa shape index (κ2) is 8.02. The average Bonchev–Trinajstić information content (AvgIpc) is 2.48. The van der Waals surface area contributed by atoms with Crippen LogP contribution in [-0.2, 0) is 4.79 Å². The first-order chi connectivity index (χ1) is 10.1. The number of nitrogens with one attached hydrogen (secondary N) is 2. The van der Waals surface area contributed by atoms with Crippen LogP contribution in [0.1, 0.15) is 32.6 Å². The first kappa shape index (κ1) is 15.8. The molecule has 1 aromatic heterocycles. The minimum atomic E-state index is -0.389. The topological polar surface area (TPSA) is 71.1 Å². The zero-order valence-electron chi connectivity index (χ0n) is 12.2. The van der Waals surface area contributed by atoms with Crippen LogP contribution < -0.4 is 10.6 Å². The minimum Gasteiger partial charge on any atom is -0.335 e. The van der Waals surface area contributed by atoms with Crippen molar-refractivity contribution < 1.29 is 9.59 Å². The van der Waals surface area contributed by atoms with Crippen molar-refractivity contribution in [2.75, 3.05) is 5.75 Å². The number of hydrogen-bond acceptors (Lipinski definition) is 4. The van der Waals surface area contributed by atoms with E-state index in [1.54, 1.807) is 6.20 Å². The summed E-state index contributed by atoms with van der Waals surface area (Å²) in [4.78, 5) is 27.7. The molecule has 0 aliphatic heterocycles. The molecule has 2 atom stereocenters. The van der Waals surface area contributed by atoms with Crippen molar-refractivity contribution in [2.45, 2.75) is 43.7 Å². The predicted molar refractivity (Wildman–Crippen MR) is 83.1 cm³/mol. The Balaban J connectivity index is 1.70. The Hall–Kier alpha value is -1.56. The Bertz CT molecular complexity index is 481. The van der Waals surface area contributed by atoms with Gasteiger partial charge in [0.05, 0.1) is 10.8 Å². The molecule has 1 saturated carbocycles. The van der Waals surface area contributed by atoms with Crippen molar-refractivity contribution in [1.82, 2.24) is 15.6 Å². The summed E-state index contributed by atoms with van der Waals surface area (Å²) in [6, 6.07) is 5.31. The highest BCUT2D eigenvalue weighted by Gasteiger charge is 2.23. The number of pyridine rings is 1. The zero-order valence-corrected chi connectivity index (χ0v) is 13.0. The average molecular weight is 307 g/mol. The van der Waals surface area contributed by atoms with Gasteiger partial charge in [0, 0.05) is 12.2 Å². The maximum atomic E-state index is 11.8. The van der Waals surface area contributed by atoms with Crippen molar-refractivity contribution in [3.05, 3.63) is 24.4 Å². The first-order valence-electron chi connectivity index (χ1n) is 7.29. The van der Waals surface area contributed by atoms with Crippen molar-refractivity contribution in [3.8, 4) is 0 Å². The summed E-state index contributed by atoms with van der Waals surface area (Å²) in [5.74, 6) is 0.360. The number of thioether (sulfide) groups is 1. The van der Waals surface area contributed by atoms with E-state index in [0.717, 1.165) is 24.3 Å². The Morgan fingerprint density at radius 1 is 1.33 bits per heavy atom. The number of amides is 3. The summed E-state index contributed by atoms with van der Waals surface area (Å²) in [6.07, 6.45) is 6.16. The summed E-state index contributed by atoms with van der Waals surface area (Å²) < 4.78 is 0. The molecule has 1 aromatic rings. The lowest BCUT2D eigenvalue weighted by Crippen LogP contribution is -2.48. The monoisotopic (exact) mass is 307 g/mol. The van der Waals surface area contributed by atoms with E-state index in [2.05, 4.69) is 22.5 Å². The first-order valence-corrected chi connectivity index (χ1v) is 8.28. The highest BCUT2D eigenvalue weighted by Crippen LogP contribution is 2.23. The van der Waals surface area contributed by atoms with Gasteiger partial charge in [-0.25, -0.2) is 9.78 Å². The molecule has 5 nitrogen and oxygen atoms in total. The van der Waals surface area contributed by atoms with Gasteiger partial charge in [0.15, 0.2) is 0 Å². The number of nitrogens with zero attached hydrogens (tertiary/aromatic N) is 1. The Morgan fingerprint density at radius 3 is 2.86 bits per heavy atom. The SMILES string of the molecule is C[C@@H]1CCCC[C@H]1NC(=O)NC(=O)CSc1ccccn1. The largest absolute Gasteiger partial charge is 0.335 e. The van der Waals surface area contributed by atoms with Crippen LogP contribution in [0, 0.1) is 5.92 Å². The van der Waals surface area contributed by atoms with E-state index in [9.17, 15) is 9.59 Å². The molecule has 0 bridgehead atoms. The quantitative estimate of drug-likeness (QED) is 0.839. The Labute approximate surface area is 129 Å².